The number of carbonyl (C=O) groups is 1. The lowest BCUT2D eigenvalue weighted by atomic mass is 10.2. The van der Waals surface area contributed by atoms with Gasteiger partial charge in [-0.05, 0) is 29.8 Å². The molecule has 1 fully saturated rings. The maximum Gasteiger partial charge on any atom is 0.250 e. The van der Waals surface area contributed by atoms with Crippen molar-refractivity contribution in [2.75, 3.05) is 44.6 Å². The number of nitrogens with one attached hydrogen (secondary N) is 2. The van der Waals surface area contributed by atoms with Crippen molar-refractivity contribution in [1.82, 2.24) is 24.8 Å². The third kappa shape index (κ3) is 5.08. The summed E-state index contributed by atoms with van der Waals surface area (Å²) in [6.45, 7) is 7.21. The Morgan fingerprint density at radius 3 is 2.50 bits per heavy atom. The van der Waals surface area contributed by atoms with Crippen LogP contribution < -0.4 is 11.1 Å². The van der Waals surface area contributed by atoms with Gasteiger partial charge in [0.05, 0.1) is 11.1 Å². The number of primary amides is 1. The first-order valence-electron chi connectivity index (χ1n) is 11.6. The Hall–Kier alpha value is -3.75. The number of anilines is 1. The predicted molar refractivity (Wildman–Crippen MR) is 134 cm³/mol. The molecule has 3 heterocycles. The second-order valence-electron chi connectivity index (χ2n) is 8.61. The van der Waals surface area contributed by atoms with Crippen molar-refractivity contribution in [2.24, 2.45) is 5.73 Å². The van der Waals surface area contributed by atoms with Crippen LogP contribution in [0.5, 0.6) is 0 Å². The minimum absolute atomic E-state index is 0.409. The molecule has 8 nitrogen and oxygen atoms in total. The predicted octanol–water partition coefficient (Wildman–Crippen LogP) is 2.95. The van der Waals surface area contributed by atoms with E-state index < -0.39 is 5.91 Å². The molecule has 0 bridgehead atoms. The molecule has 174 valence electrons. The monoisotopic (exact) mass is 455 g/mol. The van der Waals surface area contributed by atoms with Gasteiger partial charge in [0.1, 0.15) is 17.2 Å². The van der Waals surface area contributed by atoms with Gasteiger partial charge in [-0.25, -0.2) is 9.97 Å². The number of hydrogen-bond donors (Lipinski definition) is 3. The maximum absolute atomic E-state index is 11.7. The topological polar surface area (TPSA) is 103 Å². The van der Waals surface area contributed by atoms with Crippen molar-refractivity contribution in [1.29, 1.82) is 0 Å². The molecule has 8 heteroatoms. The summed E-state index contributed by atoms with van der Waals surface area (Å²) in [4.78, 5) is 29.0. The van der Waals surface area contributed by atoms with Gasteiger partial charge >= 0.3 is 0 Å². The third-order valence-electron chi connectivity index (χ3n) is 6.26. The molecule has 4 N–H and O–H groups in total. The van der Waals surface area contributed by atoms with Crippen molar-refractivity contribution in [3.05, 3.63) is 78.0 Å². The summed E-state index contributed by atoms with van der Waals surface area (Å²) < 4.78 is 0. The Bertz CT molecular complexity index is 1250. The number of hydrogen-bond acceptors (Lipinski definition) is 6. The molecule has 2 aromatic carbocycles. The number of fused-ring (bicyclic) bond motifs is 1. The van der Waals surface area contributed by atoms with Crippen LogP contribution in [0.1, 0.15) is 15.9 Å². The molecule has 0 aliphatic carbocycles. The van der Waals surface area contributed by atoms with E-state index in [1.165, 1.54) is 5.56 Å². The lowest BCUT2D eigenvalue weighted by Crippen LogP contribution is -2.47. The highest BCUT2D eigenvalue weighted by molar-refractivity contribution is 6.04. The molecular weight excluding hydrogens is 426 g/mol. The van der Waals surface area contributed by atoms with Gasteiger partial charge in [0.25, 0.3) is 5.91 Å². The van der Waals surface area contributed by atoms with Crippen molar-refractivity contribution in [2.45, 2.75) is 6.54 Å². The second kappa shape index (κ2) is 10.0. The van der Waals surface area contributed by atoms with Crippen LogP contribution in [-0.4, -0.2) is 69.9 Å². The lowest BCUT2D eigenvalue weighted by molar-refractivity contribution is 0.100. The summed E-state index contributed by atoms with van der Waals surface area (Å²) >= 11 is 0. The number of nitrogens with zero attached hydrogens (tertiary/aromatic N) is 4. The van der Waals surface area contributed by atoms with Crippen LogP contribution >= 0.6 is 0 Å². The molecule has 1 aliphatic rings. The lowest BCUT2D eigenvalue weighted by Gasteiger charge is -2.34. The van der Waals surface area contributed by atoms with E-state index in [0.29, 0.717) is 16.9 Å². The summed E-state index contributed by atoms with van der Waals surface area (Å²) in [5, 5.41) is 3.41. The summed E-state index contributed by atoms with van der Waals surface area (Å²) in [6.07, 6.45) is 1.78. The highest BCUT2D eigenvalue weighted by atomic mass is 16.1. The third-order valence-corrected chi connectivity index (χ3v) is 6.26. The van der Waals surface area contributed by atoms with Crippen LogP contribution in [0.15, 0.2) is 66.9 Å². The molecular formula is C26H29N7O. The van der Waals surface area contributed by atoms with Gasteiger partial charge in [0, 0.05) is 57.6 Å². The molecule has 2 aromatic heterocycles. The van der Waals surface area contributed by atoms with E-state index >= 15 is 0 Å². The molecule has 34 heavy (non-hydrogen) atoms. The van der Waals surface area contributed by atoms with Gasteiger partial charge in [-0.1, -0.05) is 36.4 Å². The fourth-order valence-electron chi connectivity index (χ4n) is 4.36. The molecule has 1 aliphatic heterocycles. The van der Waals surface area contributed by atoms with Crippen LogP contribution in [0.3, 0.4) is 0 Å². The quantitative estimate of drug-likeness (QED) is 0.377. The van der Waals surface area contributed by atoms with Gasteiger partial charge in [-0.3, -0.25) is 14.6 Å². The zero-order valence-electron chi connectivity index (χ0n) is 19.1. The molecule has 4 aromatic rings. The number of aromatic nitrogens is 3. The Labute approximate surface area is 198 Å². The van der Waals surface area contributed by atoms with E-state index in [0.717, 1.165) is 62.7 Å². The van der Waals surface area contributed by atoms with E-state index in [2.05, 4.69) is 60.4 Å². The first-order valence-corrected chi connectivity index (χ1v) is 11.6. The van der Waals surface area contributed by atoms with Gasteiger partial charge < -0.3 is 16.0 Å². The Balaban J connectivity index is 1.11. The highest BCUT2D eigenvalue weighted by Gasteiger charge is 2.16. The number of rotatable bonds is 8. The molecule has 1 saturated heterocycles. The Kier molecular flexibility index (Phi) is 6.51. The number of H-pyrrole nitrogens is 1. The number of amides is 1. The van der Waals surface area contributed by atoms with Crippen LogP contribution in [0.4, 0.5) is 5.82 Å². The van der Waals surface area contributed by atoms with Crippen molar-refractivity contribution < 1.29 is 4.79 Å². The van der Waals surface area contributed by atoms with Crippen LogP contribution in [0, 0.1) is 0 Å². The fraction of sp³-hybridized carbons (Fsp3) is 0.269. The van der Waals surface area contributed by atoms with Crippen LogP contribution in [-0.2, 0) is 6.54 Å². The zero-order chi connectivity index (χ0) is 23.3. The van der Waals surface area contributed by atoms with Crippen molar-refractivity contribution in [3.63, 3.8) is 0 Å². The van der Waals surface area contributed by atoms with Gasteiger partial charge in [-0.15, -0.1) is 0 Å². The van der Waals surface area contributed by atoms with Gasteiger partial charge in [0.2, 0.25) is 0 Å². The summed E-state index contributed by atoms with van der Waals surface area (Å²) in [6, 6.07) is 19.9. The zero-order valence-corrected chi connectivity index (χ0v) is 19.1. The molecule has 0 radical (unpaired) electrons. The van der Waals surface area contributed by atoms with Gasteiger partial charge in [-0.2, -0.15) is 0 Å². The number of piperazine rings is 1. The molecule has 5 rings (SSSR count). The van der Waals surface area contributed by atoms with Crippen molar-refractivity contribution >= 4 is 22.8 Å². The number of para-hydroxylation sites is 1. The largest absolute Gasteiger partial charge is 0.369 e. The number of pyridine rings is 1. The number of benzene rings is 2. The SMILES string of the molecule is NC(=O)c1cccc2[nH]c(-c3ccc(NCCN4CCN(Cc5ccccc5)CC4)nc3)nc12. The summed E-state index contributed by atoms with van der Waals surface area (Å²) in [7, 11) is 0. The number of aromatic amines is 1. The Morgan fingerprint density at radius 1 is 0.971 bits per heavy atom. The van der Waals surface area contributed by atoms with Crippen molar-refractivity contribution in [3.8, 4) is 11.4 Å². The summed E-state index contributed by atoms with van der Waals surface area (Å²) in [5.41, 5.74) is 9.46. The standard InChI is InChI=1S/C26H29N7O/c27-25(34)21-7-4-8-22-24(21)31-26(30-22)20-9-10-23(29-17-20)28-11-12-32-13-15-33(16-14-32)18-19-5-2-1-3-6-19/h1-10,17H,11-16,18H2,(H2,27,34)(H,28,29)(H,30,31). The number of nitrogens with two attached hydrogens (primary N) is 1. The normalized spacial score (nSPS) is 14.9. The van der Waals surface area contributed by atoms with E-state index in [1.807, 2.05) is 18.2 Å². The first-order chi connectivity index (χ1) is 16.7. The van der Waals surface area contributed by atoms with E-state index in [9.17, 15) is 4.79 Å². The van der Waals surface area contributed by atoms with Crippen LogP contribution in [0.2, 0.25) is 0 Å². The second-order valence-corrected chi connectivity index (χ2v) is 8.61. The van der Waals surface area contributed by atoms with E-state index in [1.54, 1.807) is 18.3 Å². The smallest absolute Gasteiger partial charge is 0.250 e. The summed E-state index contributed by atoms with van der Waals surface area (Å²) in [5.74, 6) is 1.01. The molecule has 0 saturated carbocycles. The van der Waals surface area contributed by atoms with E-state index in [-0.39, 0.29) is 0 Å². The number of carbonyl (C=O) groups excluding carboxylic acids is 1. The highest BCUT2D eigenvalue weighted by Crippen LogP contribution is 2.23. The molecule has 0 atom stereocenters. The molecule has 0 spiro atoms. The average Bonchev–Trinajstić information content (AvgIpc) is 3.30. The maximum atomic E-state index is 11.7. The fourth-order valence-corrected chi connectivity index (χ4v) is 4.36. The first kappa shape index (κ1) is 22.1. The number of imidazole rings is 1. The van der Waals surface area contributed by atoms with E-state index in [4.69, 9.17) is 5.73 Å². The minimum atomic E-state index is -0.487. The Morgan fingerprint density at radius 2 is 1.76 bits per heavy atom. The average molecular weight is 456 g/mol. The van der Waals surface area contributed by atoms with Crippen LogP contribution in [0.25, 0.3) is 22.4 Å². The minimum Gasteiger partial charge on any atom is -0.369 e. The molecule has 0 unspecified atom stereocenters. The molecule has 1 amide bonds. The van der Waals surface area contributed by atoms with Gasteiger partial charge in [0.15, 0.2) is 0 Å².